The van der Waals surface area contributed by atoms with E-state index in [4.69, 9.17) is 40.2 Å². The molecule has 0 aliphatic carbocycles. The van der Waals surface area contributed by atoms with E-state index in [1.54, 1.807) is 18.2 Å². The topological polar surface area (TPSA) is 41.6 Å². The van der Waals surface area contributed by atoms with Crippen molar-refractivity contribution >= 4 is 69.2 Å². The lowest BCUT2D eigenvalue weighted by molar-refractivity contribution is -0.115. The summed E-state index contributed by atoms with van der Waals surface area (Å²) in [6.07, 6.45) is 1.80. The molecule has 0 unspecified atom stereocenters. The molecule has 3 rings (SSSR count). The maximum absolute atomic E-state index is 12.1. The van der Waals surface area contributed by atoms with Crippen molar-refractivity contribution in [2.75, 3.05) is 18.0 Å². The van der Waals surface area contributed by atoms with Gasteiger partial charge in [-0.1, -0.05) is 53.2 Å². The van der Waals surface area contributed by atoms with E-state index in [1.165, 1.54) is 11.8 Å². The molecule has 1 N–H and O–H groups in total. The van der Waals surface area contributed by atoms with Crippen LogP contribution in [0.1, 0.15) is 25.0 Å². The molecule has 8 heteroatoms. The van der Waals surface area contributed by atoms with Gasteiger partial charge < -0.3 is 15.0 Å². The predicted molar refractivity (Wildman–Crippen MR) is 127 cm³/mol. The van der Waals surface area contributed by atoms with Crippen LogP contribution in [0.5, 0.6) is 5.75 Å². The van der Waals surface area contributed by atoms with Gasteiger partial charge in [0.15, 0.2) is 0 Å². The van der Waals surface area contributed by atoms with Crippen LogP contribution < -0.4 is 15.0 Å². The quantitative estimate of drug-likeness (QED) is 0.405. The summed E-state index contributed by atoms with van der Waals surface area (Å²) in [5, 5.41) is 3.76. The first kappa shape index (κ1) is 22.0. The normalized spacial score (nSPS) is 15.0. The molecule has 1 heterocycles. The lowest BCUT2D eigenvalue weighted by Gasteiger charge is -2.22. The lowest BCUT2D eigenvalue weighted by atomic mass is 10.1. The molecule has 0 saturated carbocycles. The SMILES string of the molecule is CCN(CC)c1ccc(/C=C2\SC(=S)NC2=O)c(OCc2ccc(Cl)cc2Cl)c1. The Balaban J connectivity index is 1.94. The van der Waals surface area contributed by atoms with Gasteiger partial charge in [-0.25, -0.2) is 0 Å². The third-order valence-electron chi connectivity index (χ3n) is 4.45. The molecule has 2 aromatic rings. The van der Waals surface area contributed by atoms with Crippen molar-refractivity contribution in [2.24, 2.45) is 0 Å². The number of rotatable bonds is 7. The molecule has 1 amide bonds. The number of carbonyl (C=O) groups excluding carboxylic acids is 1. The summed E-state index contributed by atoms with van der Waals surface area (Å²) in [6, 6.07) is 11.3. The highest BCUT2D eigenvalue weighted by molar-refractivity contribution is 8.26. The minimum atomic E-state index is -0.195. The lowest BCUT2D eigenvalue weighted by Crippen LogP contribution is -2.21. The zero-order valence-electron chi connectivity index (χ0n) is 16.0. The van der Waals surface area contributed by atoms with Crippen molar-refractivity contribution in [2.45, 2.75) is 20.5 Å². The molecule has 29 heavy (non-hydrogen) atoms. The van der Waals surface area contributed by atoms with Crippen molar-refractivity contribution in [3.05, 3.63) is 62.5 Å². The van der Waals surface area contributed by atoms with Gasteiger partial charge in [-0.15, -0.1) is 0 Å². The molecule has 0 radical (unpaired) electrons. The van der Waals surface area contributed by atoms with Crippen LogP contribution in [0, 0.1) is 0 Å². The zero-order valence-corrected chi connectivity index (χ0v) is 19.1. The standard InChI is InChI=1S/C21H20Cl2N2O2S2/c1-3-25(4-2)16-8-6-13(9-19-20(26)24-21(28)29-19)18(11-16)27-12-14-5-7-15(22)10-17(14)23/h5-11H,3-4,12H2,1-2H3,(H,24,26,28)/b19-9-. The molecule has 0 spiro atoms. The summed E-state index contributed by atoms with van der Waals surface area (Å²) in [7, 11) is 0. The molecule has 0 bridgehead atoms. The number of carbonyl (C=O) groups is 1. The smallest absolute Gasteiger partial charge is 0.263 e. The van der Waals surface area contributed by atoms with Gasteiger partial charge in [-0.2, -0.15) is 0 Å². The summed E-state index contributed by atoms with van der Waals surface area (Å²) in [5.41, 5.74) is 2.68. The molecule has 1 aliphatic rings. The Morgan fingerprint density at radius 3 is 2.55 bits per heavy atom. The summed E-state index contributed by atoms with van der Waals surface area (Å²) >= 11 is 18.6. The van der Waals surface area contributed by atoms with Crippen LogP contribution in [0.3, 0.4) is 0 Å². The monoisotopic (exact) mass is 466 g/mol. The molecule has 1 saturated heterocycles. The number of hydrogen-bond donors (Lipinski definition) is 1. The van der Waals surface area contributed by atoms with Crippen molar-refractivity contribution in [3.63, 3.8) is 0 Å². The Labute approximate surface area is 190 Å². The zero-order chi connectivity index (χ0) is 21.0. The highest BCUT2D eigenvalue weighted by Gasteiger charge is 2.22. The molecular formula is C21H20Cl2N2O2S2. The van der Waals surface area contributed by atoms with Crippen LogP contribution in [0.25, 0.3) is 6.08 Å². The second-order valence-electron chi connectivity index (χ2n) is 6.27. The van der Waals surface area contributed by atoms with Gasteiger partial charge in [0.25, 0.3) is 5.91 Å². The van der Waals surface area contributed by atoms with Crippen molar-refractivity contribution in [1.82, 2.24) is 5.32 Å². The number of nitrogens with zero attached hydrogens (tertiary/aromatic N) is 1. The van der Waals surface area contributed by atoms with Crippen molar-refractivity contribution < 1.29 is 9.53 Å². The van der Waals surface area contributed by atoms with Gasteiger partial charge in [0.2, 0.25) is 0 Å². The largest absolute Gasteiger partial charge is 0.488 e. The van der Waals surface area contributed by atoms with E-state index in [0.29, 0.717) is 25.0 Å². The van der Waals surface area contributed by atoms with Crippen LogP contribution >= 0.6 is 47.2 Å². The van der Waals surface area contributed by atoms with E-state index in [-0.39, 0.29) is 12.5 Å². The average Bonchev–Trinajstić information content (AvgIpc) is 3.00. The minimum Gasteiger partial charge on any atom is -0.488 e. The molecule has 0 atom stereocenters. The fraction of sp³-hybridized carbons (Fsp3) is 0.238. The number of amides is 1. The van der Waals surface area contributed by atoms with Crippen LogP contribution in [0.15, 0.2) is 41.3 Å². The molecule has 4 nitrogen and oxygen atoms in total. The number of hydrogen-bond acceptors (Lipinski definition) is 5. The molecule has 1 fully saturated rings. The molecule has 152 valence electrons. The number of nitrogens with one attached hydrogen (secondary N) is 1. The Hall–Kier alpha value is -1.73. The summed E-state index contributed by atoms with van der Waals surface area (Å²) in [4.78, 5) is 14.8. The van der Waals surface area contributed by atoms with Gasteiger partial charge in [0.1, 0.15) is 16.7 Å². The Kier molecular flexibility index (Phi) is 7.46. The summed E-state index contributed by atoms with van der Waals surface area (Å²) < 4.78 is 6.58. The summed E-state index contributed by atoms with van der Waals surface area (Å²) in [6.45, 7) is 6.26. The maximum atomic E-state index is 12.1. The number of anilines is 1. The first-order valence-electron chi connectivity index (χ1n) is 9.11. The van der Waals surface area contributed by atoms with Crippen LogP contribution in [0.2, 0.25) is 10.0 Å². The molecule has 2 aromatic carbocycles. The fourth-order valence-electron chi connectivity index (χ4n) is 2.91. The third-order valence-corrected chi connectivity index (χ3v) is 6.20. The van der Waals surface area contributed by atoms with Crippen molar-refractivity contribution in [1.29, 1.82) is 0 Å². The average molecular weight is 467 g/mol. The van der Waals surface area contributed by atoms with Gasteiger partial charge in [0.05, 0.1) is 4.91 Å². The van der Waals surface area contributed by atoms with E-state index in [9.17, 15) is 4.79 Å². The Morgan fingerprint density at radius 2 is 1.93 bits per heavy atom. The second-order valence-corrected chi connectivity index (χ2v) is 8.83. The minimum absolute atomic E-state index is 0.195. The first-order chi connectivity index (χ1) is 13.9. The summed E-state index contributed by atoms with van der Waals surface area (Å²) in [5.74, 6) is 0.471. The maximum Gasteiger partial charge on any atom is 0.263 e. The van der Waals surface area contributed by atoms with Crippen LogP contribution in [-0.2, 0) is 11.4 Å². The van der Waals surface area contributed by atoms with Crippen LogP contribution in [-0.4, -0.2) is 23.3 Å². The third kappa shape index (κ3) is 5.45. The number of thioether (sulfide) groups is 1. The Morgan fingerprint density at radius 1 is 1.17 bits per heavy atom. The van der Waals surface area contributed by atoms with Gasteiger partial charge in [-0.3, -0.25) is 4.79 Å². The highest BCUT2D eigenvalue weighted by atomic mass is 35.5. The van der Waals surface area contributed by atoms with Crippen molar-refractivity contribution in [3.8, 4) is 5.75 Å². The van der Waals surface area contributed by atoms with Gasteiger partial charge in [-0.05, 0) is 44.2 Å². The second kappa shape index (κ2) is 9.85. The predicted octanol–water partition coefficient (Wildman–Crippen LogP) is 5.91. The van der Waals surface area contributed by atoms with Gasteiger partial charge in [0, 0.05) is 46.0 Å². The molecule has 1 aliphatic heterocycles. The number of thiocarbonyl (C=S) groups is 1. The van der Waals surface area contributed by atoms with E-state index < -0.39 is 0 Å². The van der Waals surface area contributed by atoms with E-state index in [2.05, 4.69) is 24.1 Å². The van der Waals surface area contributed by atoms with E-state index in [0.717, 1.165) is 29.9 Å². The Bertz CT molecular complexity index is 975. The molecular weight excluding hydrogens is 447 g/mol. The number of ether oxygens (including phenoxy) is 1. The van der Waals surface area contributed by atoms with Crippen LogP contribution in [0.4, 0.5) is 5.69 Å². The van der Waals surface area contributed by atoms with Gasteiger partial charge >= 0.3 is 0 Å². The number of halogens is 2. The first-order valence-corrected chi connectivity index (χ1v) is 11.1. The fourth-order valence-corrected chi connectivity index (χ4v) is 4.41. The van der Waals surface area contributed by atoms with E-state index in [1.807, 2.05) is 24.3 Å². The number of benzene rings is 2. The van der Waals surface area contributed by atoms with E-state index >= 15 is 0 Å². The molecule has 0 aromatic heterocycles. The highest BCUT2D eigenvalue weighted by Crippen LogP contribution is 2.33.